The lowest BCUT2D eigenvalue weighted by molar-refractivity contribution is -0.168. The van der Waals surface area contributed by atoms with E-state index in [1.54, 1.807) is 6.08 Å². The molecule has 1 unspecified atom stereocenters. The molecule has 0 bridgehead atoms. The van der Waals surface area contributed by atoms with Crippen molar-refractivity contribution >= 4 is 0 Å². The monoisotopic (exact) mass is 222 g/mol. The van der Waals surface area contributed by atoms with Gasteiger partial charge in [-0.15, -0.1) is 0 Å². The van der Waals surface area contributed by atoms with Crippen molar-refractivity contribution in [1.29, 1.82) is 0 Å². The summed E-state index contributed by atoms with van der Waals surface area (Å²) in [5, 5.41) is 0. The molecule has 0 radical (unpaired) electrons. The fourth-order valence-electron chi connectivity index (χ4n) is 1.43. The highest BCUT2D eigenvalue weighted by Gasteiger charge is 2.35. The fraction of sp³-hybridized carbons (Fsp3) is 0.833. The third kappa shape index (κ3) is 5.24. The molecule has 0 saturated carbocycles. The topological polar surface area (TPSA) is 0 Å². The second-order valence-electron chi connectivity index (χ2n) is 5.01. The molecule has 0 aliphatic heterocycles. The van der Waals surface area contributed by atoms with Crippen LogP contribution < -0.4 is 0 Å². The molecule has 0 amide bonds. The van der Waals surface area contributed by atoms with Gasteiger partial charge in [0, 0.05) is 0 Å². The minimum Gasteiger partial charge on any atom is -0.171 e. The van der Waals surface area contributed by atoms with E-state index in [1.165, 1.54) is 6.92 Å². The largest absolute Gasteiger partial charge is 0.391 e. The SMILES string of the molecule is CC/C(=C\CC(C)C(F)(F)F)C(C)(C)C. The average molecular weight is 222 g/mol. The van der Waals surface area contributed by atoms with E-state index in [0.717, 1.165) is 12.0 Å². The number of hydrogen-bond acceptors (Lipinski definition) is 0. The summed E-state index contributed by atoms with van der Waals surface area (Å²) in [6, 6.07) is 0. The smallest absolute Gasteiger partial charge is 0.171 e. The minimum atomic E-state index is -4.08. The molecule has 0 heterocycles. The van der Waals surface area contributed by atoms with Crippen LogP contribution in [-0.2, 0) is 0 Å². The van der Waals surface area contributed by atoms with Crippen LogP contribution in [-0.4, -0.2) is 6.18 Å². The average Bonchev–Trinajstić information content (AvgIpc) is 2.00. The van der Waals surface area contributed by atoms with Gasteiger partial charge in [0.15, 0.2) is 0 Å². The zero-order chi connectivity index (χ0) is 12.3. The molecule has 0 aliphatic carbocycles. The Hall–Kier alpha value is -0.470. The Labute approximate surface area is 90.6 Å². The molecule has 90 valence electrons. The predicted octanol–water partition coefficient (Wildman–Crippen LogP) is 4.96. The Balaban J connectivity index is 4.50. The van der Waals surface area contributed by atoms with Gasteiger partial charge in [0.1, 0.15) is 0 Å². The first-order chi connectivity index (χ1) is 6.59. The van der Waals surface area contributed by atoms with Gasteiger partial charge in [0.25, 0.3) is 0 Å². The van der Waals surface area contributed by atoms with Crippen molar-refractivity contribution in [3.8, 4) is 0 Å². The van der Waals surface area contributed by atoms with Gasteiger partial charge in [-0.1, -0.05) is 46.3 Å². The normalized spacial score (nSPS) is 16.7. The Morgan fingerprint density at radius 3 is 1.93 bits per heavy atom. The van der Waals surface area contributed by atoms with Crippen molar-refractivity contribution in [3.63, 3.8) is 0 Å². The van der Waals surface area contributed by atoms with E-state index in [9.17, 15) is 13.2 Å². The molecule has 1 atom stereocenters. The summed E-state index contributed by atoms with van der Waals surface area (Å²) in [6.45, 7) is 9.30. The van der Waals surface area contributed by atoms with E-state index in [0.29, 0.717) is 0 Å². The van der Waals surface area contributed by atoms with Crippen LogP contribution >= 0.6 is 0 Å². The van der Waals surface area contributed by atoms with Crippen molar-refractivity contribution in [2.45, 2.75) is 53.6 Å². The highest BCUT2D eigenvalue weighted by atomic mass is 19.4. The van der Waals surface area contributed by atoms with E-state index in [4.69, 9.17) is 0 Å². The molecular formula is C12H21F3. The van der Waals surface area contributed by atoms with E-state index >= 15 is 0 Å². The van der Waals surface area contributed by atoms with Gasteiger partial charge >= 0.3 is 6.18 Å². The number of hydrogen-bond donors (Lipinski definition) is 0. The maximum absolute atomic E-state index is 12.3. The molecule has 0 spiro atoms. The van der Waals surface area contributed by atoms with Gasteiger partial charge in [0.05, 0.1) is 5.92 Å². The van der Waals surface area contributed by atoms with Crippen LogP contribution in [0.4, 0.5) is 13.2 Å². The molecule has 0 aliphatic rings. The molecule has 0 rings (SSSR count). The van der Waals surface area contributed by atoms with Gasteiger partial charge in [-0.3, -0.25) is 0 Å². The van der Waals surface area contributed by atoms with Crippen LogP contribution in [0.1, 0.15) is 47.5 Å². The zero-order valence-corrected chi connectivity index (χ0v) is 10.2. The summed E-state index contributed by atoms with van der Waals surface area (Å²) < 4.78 is 36.8. The summed E-state index contributed by atoms with van der Waals surface area (Å²) in [5.41, 5.74) is 1.07. The van der Waals surface area contributed by atoms with Crippen molar-refractivity contribution < 1.29 is 13.2 Å². The quantitative estimate of drug-likeness (QED) is 0.592. The number of allylic oxidation sites excluding steroid dienone is 2. The summed E-state index contributed by atoms with van der Waals surface area (Å²) in [4.78, 5) is 0. The van der Waals surface area contributed by atoms with Crippen molar-refractivity contribution in [2.75, 3.05) is 0 Å². The van der Waals surface area contributed by atoms with E-state index in [2.05, 4.69) is 0 Å². The molecular weight excluding hydrogens is 201 g/mol. The zero-order valence-electron chi connectivity index (χ0n) is 10.2. The highest BCUT2D eigenvalue weighted by Crippen LogP contribution is 2.32. The molecule has 15 heavy (non-hydrogen) atoms. The second-order valence-corrected chi connectivity index (χ2v) is 5.01. The fourth-order valence-corrected chi connectivity index (χ4v) is 1.43. The van der Waals surface area contributed by atoms with E-state index in [1.807, 2.05) is 27.7 Å². The summed E-state index contributed by atoms with van der Waals surface area (Å²) in [5.74, 6) is -1.25. The van der Waals surface area contributed by atoms with Crippen LogP contribution in [0.2, 0.25) is 0 Å². The summed E-state index contributed by atoms with van der Waals surface area (Å²) in [7, 11) is 0. The molecule has 0 fully saturated rings. The molecule has 0 N–H and O–H groups in total. The van der Waals surface area contributed by atoms with Crippen LogP contribution in [0.15, 0.2) is 11.6 Å². The first-order valence-corrected chi connectivity index (χ1v) is 5.35. The lowest BCUT2D eigenvalue weighted by Gasteiger charge is -2.23. The van der Waals surface area contributed by atoms with Crippen LogP contribution in [0, 0.1) is 11.3 Å². The number of alkyl halides is 3. The van der Waals surface area contributed by atoms with E-state index in [-0.39, 0.29) is 11.8 Å². The van der Waals surface area contributed by atoms with Gasteiger partial charge in [-0.2, -0.15) is 13.2 Å². The van der Waals surface area contributed by atoms with Gasteiger partial charge < -0.3 is 0 Å². The van der Waals surface area contributed by atoms with Gasteiger partial charge in [0.2, 0.25) is 0 Å². The van der Waals surface area contributed by atoms with Crippen molar-refractivity contribution in [3.05, 3.63) is 11.6 Å². The first kappa shape index (κ1) is 14.5. The molecule has 0 nitrogen and oxygen atoms in total. The number of halogens is 3. The van der Waals surface area contributed by atoms with Crippen molar-refractivity contribution in [1.82, 2.24) is 0 Å². The summed E-state index contributed by atoms with van der Waals surface area (Å²) in [6.07, 6.45) is -1.43. The Morgan fingerprint density at radius 2 is 1.67 bits per heavy atom. The maximum Gasteiger partial charge on any atom is 0.391 e. The molecule has 0 aromatic rings. The maximum atomic E-state index is 12.3. The highest BCUT2D eigenvalue weighted by molar-refractivity contribution is 5.10. The van der Waals surface area contributed by atoms with Crippen molar-refractivity contribution in [2.24, 2.45) is 11.3 Å². The van der Waals surface area contributed by atoms with Crippen LogP contribution in [0.3, 0.4) is 0 Å². The predicted molar refractivity (Wildman–Crippen MR) is 57.7 cm³/mol. The number of rotatable bonds is 3. The first-order valence-electron chi connectivity index (χ1n) is 5.35. The molecule has 0 aromatic carbocycles. The Bertz CT molecular complexity index is 218. The van der Waals surface area contributed by atoms with Gasteiger partial charge in [-0.05, 0) is 18.3 Å². The minimum absolute atomic E-state index is 0.0277. The van der Waals surface area contributed by atoms with Crippen LogP contribution in [0.5, 0.6) is 0 Å². The molecule has 0 aromatic heterocycles. The lowest BCUT2D eigenvalue weighted by atomic mass is 9.83. The third-order valence-electron chi connectivity index (χ3n) is 2.62. The summed E-state index contributed by atoms with van der Waals surface area (Å²) >= 11 is 0. The third-order valence-corrected chi connectivity index (χ3v) is 2.62. The second kappa shape index (κ2) is 5.04. The van der Waals surface area contributed by atoms with Gasteiger partial charge in [-0.25, -0.2) is 0 Å². The standard InChI is InChI=1S/C12H21F3/c1-6-10(11(3,4)5)8-7-9(2)12(13,14)15/h8-9H,6-7H2,1-5H3/b10-8+. The molecule has 0 saturated heterocycles. The Morgan fingerprint density at radius 1 is 1.20 bits per heavy atom. The lowest BCUT2D eigenvalue weighted by Crippen LogP contribution is -2.19. The van der Waals surface area contributed by atoms with Crippen LogP contribution in [0.25, 0.3) is 0 Å². The Kier molecular flexibility index (Phi) is 4.88. The van der Waals surface area contributed by atoms with E-state index < -0.39 is 12.1 Å². The molecule has 3 heteroatoms.